The molecule has 1 saturated heterocycles. The molecule has 0 bridgehead atoms. The molecule has 25 heavy (non-hydrogen) atoms. The Bertz CT molecular complexity index is 721. The molecule has 0 N–H and O–H groups in total. The fourth-order valence-corrected chi connectivity index (χ4v) is 3.17. The lowest BCUT2D eigenvalue weighted by molar-refractivity contribution is -0.129. The molecule has 0 spiro atoms. The lowest BCUT2D eigenvalue weighted by Crippen LogP contribution is -2.32. The van der Waals surface area contributed by atoms with Gasteiger partial charge >= 0.3 is 0 Å². The fraction of sp³-hybridized carbons (Fsp3) is 0.368. The molecule has 3 rings (SSSR count). The molecule has 2 aromatic rings. The quantitative estimate of drug-likeness (QED) is 0.739. The van der Waals surface area contributed by atoms with Gasteiger partial charge in [0.15, 0.2) is 0 Å². The maximum Gasteiger partial charge on any atom is 0.228 e. The summed E-state index contributed by atoms with van der Waals surface area (Å²) >= 11 is 3.43. The SMILES string of the molecule is CCOc1ccc(CC(=O)N2CCC(Oc3ncccc3Br)C2)cc1. The summed E-state index contributed by atoms with van der Waals surface area (Å²) in [6.45, 7) is 3.90. The first-order valence-electron chi connectivity index (χ1n) is 8.42. The molecule has 2 heterocycles. The Morgan fingerprint density at radius 2 is 2.12 bits per heavy atom. The Morgan fingerprint density at radius 1 is 1.32 bits per heavy atom. The predicted octanol–water partition coefficient (Wildman–Crippen LogP) is 3.47. The van der Waals surface area contributed by atoms with Gasteiger partial charge in [0, 0.05) is 19.2 Å². The van der Waals surface area contributed by atoms with Crippen molar-refractivity contribution in [1.82, 2.24) is 9.88 Å². The van der Waals surface area contributed by atoms with E-state index >= 15 is 0 Å². The second-order valence-electron chi connectivity index (χ2n) is 5.91. The summed E-state index contributed by atoms with van der Waals surface area (Å²) in [5, 5.41) is 0. The minimum Gasteiger partial charge on any atom is -0.494 e. The first-order chi connectivity index (χ1) is 12.2. The van der Waals surface area contributed by atoms with E-state index in [1.54, 1.807) is 6.20 Å². The molecule has 132 valence electrons. The van der Waals surface area contributed by atoms with Gasteiger partial charge < -0.3 is 14.4 Å². The van der Waals surface area contributed by atoms with Crippen LogP contribution >= 0.6 is 15.9 Å². The number of halogens is 1. The second kappa shape index (κ2) is 8.34. The molecule has 0 saturated carbocycles. The molecule has 1 amide bonds. The van der Waals surface area contributed by atoms with Crippen LogP contribution in [0.2, 0.25) is 0 Å². The highest BCUT2D eigenvalue weighted by Crippen LogP contribution is 2.24. The summed E-state index contributed by atoms with van der Waals surface area (Å²) in [6, 6.07) is 11.4. The normalized spacial score (nSPS) is 16.7. The van der Waals surface area contributed by atoms with E-state index in [-0.39, 0.29) is 12.0 Å². The molecule has 1 aromatic carbocycles. The number of hydrogen-bond acceptors (Lipinski definition) is 4. The van der Waals surface area contributed by atoms with E-state index in [0.29, 0.717) is 32.0 Å². The molecule has 1 aliphatic heterocycles. The van der Waals surface area contributed by atoms with E-state index in [9.17, 15) is 4.79 Å². The Kier molecular flexibility index (Phi) is 5.91. The van der Waals surface area contributed by atoms with Crippen LogP contribution in [-0.4, -0.2) is 41.6 Å². The molecule has 0 radical (unpaired) electrons. The largest absolute Gasteiger partial charge is 0.494 e. The summed E-state index contributed by atoms with van der Waals surface area (Å²) < 4.78 is 12.2. The number of amides is 1. The Hall–Kier alpha value is -2.08. The fourth-order valence-electron chi connectivity index (χ4n) is 2.82. The third-order valence-corrected chi connectivity index (χ3v) is 4.69. The summed E-state index contributed by atoms with van der Waals surface area (Å²) in [5.41, 5.74) is 0.991. The molecular formula is C19H21BrN2O3. The number of rotatable bonds is 6. The van der Waals surface area contributed by atoms with Crippen molar-refractivity contribution in [3.05, 3.63) is 52.6 Å². The van der Waals surface area contributed by atoms with Gasteiger partial charge in [0.05, 0.1) is 24.0 Å². The third-order valence-electron chi connectivity index (χ3n) is 4.09. The summed E-state index contributed by atoms with van der Waals surface area (Å²) in [5.74, 6) is 1.53. The van der Waals surface area contributed by atoms with Crippen LogP contribution in [0.15, 0.2) is 47.1 Å². The molecule has 1 unspecified atom stereocenters. The molecule has 5 nitrogen and oxygen atoms in total. The Morgan fingerprint density at radius 3 is 2.84 bits per heavy atom. The number of pyridine rings is 1. The van der Waals surface area contributed by atoms with Gasteiger partial charge in [-0.15, -0.1) is 0 Å². The first-order valence-corrected chi connectivity index (χ1v) is 9.21. The number of hydrogen-bond donors (Lipinski definition) is 0. The van der Waals surface area contributed by atoms with Crippen molar-refractivity contribution in [3.63, 3.8) is 0 Å². The number of carbonyl (C=O) groups is 1. The van der Waals surface area contributed by atoms with Gasteiger partial charge in [-0.05, 0) is 52.7 Å². The van der Waals surface area contributed by atoms with Crippen LogP contribution in [0.5, 0.6) is 11.6 Å². The predicted molar refractivity (Wildman–Crippen MR) is 98.9 cm³/mol. The molecule has 1 fully saturated rings. The number of aromatic nitrogens is 1. The molecule has 0 aliphatic carbocycles. The molecule has 1 aliphatic rings. The lowest BCUT2D eigenvalue weighted by atomic mass is 10.1. The standard InChI is InChI=1S/C19H21BrN2O3/c1-2-24-15-7-5-14(6-8-15)12-18(23)22-11-9-16(13-22)25-19-17(20)4-3-10-21-19/h3-8,10,16H,2,9,11-13H2,1H3. The Labute approximate surface area is 156 Å². The maximum atomic E-state index is 12.5. The van der Waals surface area contributed by atoms with Crippen LogP contribution in [0, 0.1) is 0 Å². The minimum absolute atomic E-state index is 0.0181. The van der Waals surface area contributed by atoms with Gasteiger partial charge in [-0.1, -0.05) is 12.1 Å². The van der Waals surface area contributed by atoms with Crippen molar-refractivity contribution in [2.24, 2.45) is 0 Å². The highest BCUT2D eigenvalue weighted by atomic mass is 79.9. The van der Waals surface area contributed by atoms with E-state index < -0.39 is 0 Å². The van der Waals surface area contributed by atoms with Crippen LogP contribution in [0.4, 0.5) is 0 Å². The van der Waals surface area contributed by atoms with Gasteiger partial charge in [0.25, 0.3) is 0 Å². The van der Waals surface area contributed by atoms with Crippen molar-refractivity contribution in [3.8, 4) is 11.6 Å². The summed E-state index contributed by atoms with van der Waals surface area (Å²) in [7, 11) is 0. The van der Waals surface area contributed by atoms with Crippen LogP contribution in [0.25, 0.3) is 0 Å². The van der Waals surface area contributed by atoms with Crippen molar-refractivity contribution < 1.29 is 14.3 Å². The Balaban J connectivity index is 1.53. The van der Waals surface area contributed by atoms with Crippen LogP contribution < -0.4 is 9.47 Å². The van der Waals surface area contributed by atoms with Gasteiger partial charge in [-0.2, -0.15) is 0 Å². The maximum absolute atomic E-state index is 12.5. The van der Waals surface area contributed by atoms with Gasteiger partial charge in [-0.3, -0.25) is 4.79 Å². The van der Waals surface area contributed by atoms with E-state index in [1.165, 1.54) is 0 Å². The van der Waals surface area contributed by atoms with E-state index in [2.05, 4.69) is 20.9 Å². The highest BCUT2D eigenvalue weighted by Gasteiger charge is 2.28. The van der Waals surface area contributed by atoms with Crippen molar-refractivity contribution in [1.29, 1.82) is 0 Å². The zero-order chi connectivity index (χ0) is 17.6. The summed E-state index contributed by atoms with van der Waals surface area (Å²) in [6.07, 6.45) is 2.89. The van der Waals surface area contributed by atoms with Crippen molar-refractivity contribution >= 4 is 21.8 Å². The van der Waals surface area contributed by atoms with Gasteiger partial charge in [0.1, 0.15) is 11.9 Å². The zero-order valence-corrected chi connectivity index (χ0v) is 15.7. The van der Waals surface area contributed by atoms with Crippen LogP contribution in [0.1, 0.15) is 18.9 Å². The average Bonchev–Trinajstić information content (AvgIpc) is 3.08. The van der Waals surface area contributed by atoms with Crippen molar-refractivity contribution in [2.45, 2.75) is 25.9 Å². The molecule has 1 atom stereocenters. The van der Waals surface area contributed by atoms with Crippen LogP contribution in [-0.2, 0) is 11.2 Å². The number of carbonyl (C=O) groups excluding carboxylic acids is 1. The highest BCUT2D eigenvalue weighted by molar-refractivity contribution is 9.10. The van der Waals surface area contributed by atoms with Gasteiger partial charge in [0.2, 0.25) is 11.8 Å². The second-order valence-corrected chi connectivity index (χ2v) is 6.77. The van der Waals surface area contributed by atoms with Gasteiger partial charge in [-0.25, -0.2) is 4.98 Å². The van der Waals surface area contributed by atoms with E-state index in [4.69, 9.17) is 9.47 Å². The topological polar surface area (TPSA) is 51.7 Å². The lowest BCUT2D eigenvalue weighted by Gasteiger charge is -2.17. The smallest absolute Gasteiger partial charge is 0.228 e. The average molecular weight is 405 g/mol. The van der Waals surface area contributed by atoms with Crippen LogP contribution in [0.3, 0.4) is 0 Å². The minimum atomic E-state index is -0.0181. The molecular weight excluding hydrogens is 384 g/mol. The monoisotopic (exact) mass is 404 g/mol. The number of likely N-dealkylation sites (tertiary alicyclic amines) is 1. The number of benzene rings is 1. The number of nitrogens with zero attached hydrogens (tertiary/aromatic N) is 2. The summed E-state index contributed by atoms with van der Waals surface area (Å²) in [4.78, 5) is 18.6. The molecule has 6 heteroatoms. The van der Waals surface area contributed by atoms with E-state index in [1.807, 2.05) is 48.2 Å². The van der Waals surface area contributed by atoms with E-state index in [0.717, 1.165) is 22.2 Å². The first kappa shape index (κ1) is 17.7. The molecule has 1 aromatic heterocycles. The third kappa shape index (κ3) is 4.72. The van der Waals surface area contributed by atoms with Crippen molar-refractivity contribution in [2.75, 3.05) is 19.7 Å². The number of ether oxygens (including phenoxy) is 2. The zero-order valence-electron chi connectivity index (χ0n) is 14.2.